The number of ether oxygens (including phenoxy) is 1. The van der Waals surface area contributed by atoms with Gasteiger partial charge in [0, 0.05) is 31.0 Å². The van der Waals surface area contributed by atoms with Gasteiger partial charge in [-0.25, -0.2) is 4.79 Å². The Bertz CT molecular complexity index is 370. The van der Waals surface area contributed by atoms with Crippen molar-refractivity contribution in [2.75, 3.05) is 6.54 Å². The number of aromatic nitrogens is 2. The van der Waals surface area contributed by atoms with Crippen LogP contribution in [0.3, 0.4) is 0 Å². The summed E-state index contributed by atoms with van der Waals surface area (Å²) in [5.74, 6) is 0. The smallest absolute Gasteiger partial charge is 0.407 e. The minimum Gasteiger partial charge on any atom is -0.444 e. The van der Waals surface area contributed by atoms with Crippen molar-refractivity contribution in [2.45, 2.75) is 52.3 Å². The molecule has 0 saturated heterocycles. The summed E-state index contributed by atoms with van der Waals surface area (Å²) in [6, 6.07) is 1.97. The lowest BCUT2D eigenvalue weighted by Gasteiger charge is -2.23. The first kappa shape index (κ1) is 15.5. The molecular weight excluding hydrogens is 244 g/mol. The van der Waals surface area contributed by atoms with Gasteiger partial charge in [-0.3, -0.25) is 5.10 Å². The summed E-state index contributed by atoms with van der Waals surface area (Å²) in [6.07, 6.45) is 2.19. The Labute approximate surface area is 114 Å². The van der Waals surface area contributed by atoms with Crippen molar-refractivity contribution in [3.8, 4) is 0 Å². The van der Waals surface area contributed by atoms with Crippen molar-refractivity contribution in [3.05, 3.63) is 18.0 Å². The third-order valence-electron chi connectivity index (χ3n) is 2.48. The summed E-state index contributed by atoms with van der Waals surface area (Å²) >= 11 is 0. The average molecular weight is 268 g/mol. The SMILES string of the molecule is CCC(CNCc1ccn[nH]1)NC(=O)OC(C)(C)C. The van der Waals surface area contributed by atoms with E-state index in [1.807, 2.05) is 33.8 Å². The van der Waals surface area contributed by atoms with Gasteiger partial charge < -0.3 is 15.4 Å². The van der Waals surface area contributed by atoms with Crippen LogP contribution < -0.4 is 10.6 Å². The zero-order valence-electron chi connectivity index (χ0n) is 12.1. The van der Waals surface area contributed by atoms with Gasteiger partial charge in [0.15, 0.2) is 0 Å². The Morgan fingerprint density at radius 3 is 2.79 bits per heavy atom. The number of nitrogens with one attached hydrogen (secondary N) is 3. The number of amides is 1. The zero-order chi connectivity index (χ0) is 14.3. The normalized spacial score (nSPS) is 13.1. The maximum atomic E-state index is 11.6. The molecule has 1 aromatic rings. The molecule has 19 heavy (non-hydrogen) atoms. The molecule has 6 heteroatoms. The minimum absolute atomic E-state index is 0.0535. The lowest BCUT2D eigenvalue weighted by Crippen LogP contribution is -2.43. The van der Waals surface area contributed by atoms with Gasteiger partial charge in [-0.2, -0.15) is 5.10 Å². The Morgan fingerprint density at radius 2 is 2.26 bits per heavy atom. The number of hydrogen-bond acceptors (Lipinski definition) is 4. The van der Waals surface area contributed by atoms with E-state index in [-0.39, 0.29) is 12.1 Å². The van der Waals surface area contributed by atoms with Gasteiger partial charge in [-0.05, 0) is 33.3 Å². The largest absolute Gasteiger partial charge is 0.444 e. The van der Waals surface area contributed by atoms with Crippen LogP contribution >= 0.6 is 0 Å². The van der Waals surface area contributed by atoms with Gasteiger partial charge in [-0.15, -0.1) is 0 Å². The van der Waals surface area contributed by atoms with Crippen molar-refractivity contribution in [3.63, 3.8) is 0 Å². The lowest BCUT2D eigenvalue weighted by atomic mass is 10.2. The number of aromatic amines is 1. The molecule has 0 spiro atoms. The summed E-state index contributed by atoms with van der Waals surface area (Å²) < 4.78 is 5.23. The molecule has 6 nitrogen and oxygen atoms in total. The fourth-order valence-electron chi connectivity index (χ4n) is 1.54. The van der Waals surface area contributed by atoms with Crippen LogP contribution in [0.4, 0.5) is 4.79 Å². The summed E-state index contributed by atoms with van der Waals surface area (Å²) in [5.41, 5.74) is 0.554. The predicted molar refractivity (Wildman–Crippen MR) is 73.7 cm³/mol. The van der Waals surface area contributed by atoms with E-state index in [1.54, 1.807) is 6.20 Å². The molecule has 108 valence electrons. The van der Waals surface area contributed by atoms with Crippen LogP contribution in [-0.4, -0.2) is 34.5 Å². The van der Waals surface area contributed by atoms with E-state index in [1.165, 1.54) is 0 Å². The van der Waals surface area contributed by atoms with E-state index in [9.17, 15) is 4.79 Å². The second-order valence-electron chi connectivity index (χ2n) is 5.46. The van der Waals surface area contributed by atoms with Gasteiger partial charge >= 0.3 is 6.09 Å². The molecule has 0 fully saturated rings. The zero-order valence-corrected chi connectivity index (χ0v) is 12.1. The molecule has 1 rings (SSSR count). The molecule has 1 heterocycles. The summed E-state index contributed by atoms with van der Waals surface area (Å²) in [4.78, 5) is 11.6. The van der Waals surface area contributed by atoms with Gasteiger partial charge in [0.25, 0.3) is 0 Å². The number of carbonyl (C=O) groups excluding carboxylic acids is 1. The fourth-order valence-corrected chi connectivity index (χ4v) is 1.54. The summed E-state index contributed by atoms with van der Waals surface area (Å²) in [7, 11) is 0. The van der Waals surface area contributed by atoms with Crippen molar-refractivity contribution in [2.24, 2.45) is 0 Å². The maximum Gasteiger partial charge on any atom is 0.407 e. The topological polar surface area (TPSA) is 79.0 Å². The Morgan fingerprint density at radius 1 is 1.53 bits per heavy atom. The van der Waals surface area contributed by atoms with Gasteiger partial charge in [-0.1, -0.05) is 6.92 Å². The predicted octanol–water partition coefficient (Wildman–Crippen LogP) is 1.80. The fraction of sp³-hybridized carbons (Fsp3) is 0.692. The van der Waals surface area contributed by atoms with Crippen molar-refractivity contribution in [1.82, 2.24) is 20.8 Å². The Hall–Kier alpha value is -1.56. The van der Waals surface area contributed by atoms with Gasteiger partial charge in [0.2, 0.25) is 0 Å². The molecule has 0 radical (unpaired) electrons. The van der Waals surface area contributed by atoms with E-state index >= 15 is 0 Å². The van der Waals surface area contributed by atoms with E-state index in [0.717, 1.165) is 12.1 Å². The summed E-state index contributed by atoms with van der Waals surface area (Å²) in [6.45, 7) is 8.97. The van der Waals surface area contributed by atoms with E-state index in [0.29, 0.717) is 13.1 Å². The molecule has 1 unspecified atom stereocenters. The quantitative estimate of drug-likeness (QED) is 0.735. The summed E-state index contributed by atoms with van der Waals surface area (Å²) in [5, 5.41) is 12.9. The third-order valence-corrected chi connectivity index (χ3v) is 2.48. The van der Waals surface area contributed by atoms with Crippen LogP contribution in [0.2, 0.25) is 0 Å². The standard InChI is InChI=1S/C13H24N4O2/c1-5-10(16-12(18)19-13(2,3)4)8-14-9-11-6-7-15-17-11/h6-7,10,14H,5,8-9H2,1-4H3,(H,15,17)(H,16,18). The number of carbonyl (C=O) groups is 1. The van der Waals surface area contributed by atoms with E-state index < -0.39 is 5.60 Å². The first-order chi connectivity index (χ1) is 8.90. The van der Waals surface area contributed by atoms with Gasteiger partial charge in [0.05, 0.1) is 0 Å². The highest BCUT2D eigenvalue weighted by molar-refractivity contribution is 5.68. The molecular formula is C13H24N4O2. The third kappa shape index (κ3) is 6.81. The van der Waals surface area contributed by atoms with Crippen LogP contribution in [0.5, 0.6) is 0 Å². The van der Waals surface area contributed by atoms with Crippen molar-refractivity contribution >= 4 is 6.09 Å². The number of hydrogen-bond donors (Lipinski definition) is 3. The molecule has 0 aliphatic heterocycles. The Kier molecular flexibility index (Phi) is 5.82. The first-order valence-electron chi connectivity index (χ1n) is 6.59. The molecule has 0 bridgehead atoms. The molecule has 1 amide bonds. The molecule has 3 N–H and O–H groups in total. The molecule has 0 saturated carbocycles. The minimum atomic E-state index is -0.467. The average Bonchev–Trinajstić information content (AvgIpc) is 2.78. The maximum absolute atomic E-state index is 11.6. The van der Waals surface area contributed by atoms with Crippen molar-refractivity contribution in [1.29, 1.82) is 0 Å². The molecule has 1 aromatic heterocycles. The highest BCUT2D eigenvalue weighted by atomic mass is 16.6. The lowest BCUT2D eigenvalue weighted by molar-refractivity contribution is 0.0502. The van der Waals surface area contributed by atoms with Crippen LogP contribution in [-0.2, 0) is 11.3 Å². The van der Waals surface area contributed by atoms with E-state index in [4.69, 9.17) is 4.74 Å². The van der Waals surface area contributed by atoms with Crippen LogP contribution in [0.1, 0.15) is 39.8 Å². The van der Waals surface area contributed by atoms with Crippen molar-refractivity contribution < 1.29 is 9.53 Å². The molecule has 0 aliphatic rings. The molecule has 0 aliphatic carbocycles. The highest BCUT2D eigenvalue weighted by Gasteiger charge is 2.18. The van der Waals surface area contributed by atoms with Crippen LogP contribution in [0, 0.1) is 0 Å². The molecule has 1 atom stereocenters. The highest BCUT2D eigenvalue weighted by Crippen LogP contribution is 2.07. The number of nitrogens with zero attached hydrogens (tertiary/aromatic N) is 1. The van der Waals surface area contributed by atoms with Crippen LogP contribution in [0.25, 0.3) is 0 Å². The van der Waals surface area contributed by atoms with Crippen LogP contribution in [0.15, 0.2) is 12.3 Å². The van der Waals surface area contributed by atoms with E-state index in [2.05, 4.69) is 20.8 Å². The first-order valence-corrected chi connectivity index (χ1v) is 6.59. The number of H-pyrrole nitrogens is 1. The number of rotatable bonds is 6. The van der Waals surface area contributed by atoms with Gasteiger partial charge in [0.1, 0.15) is 5.60 Å². The molecule has 0 aromatic carbocycles. The second-order valence-corrected chi connectivity index (χ2v) is 5.46. The number of alkyl carbamates (subject to hydrolysis) is 1. The Balaban J connectivity index is 2.27. The second kappa shape index (κ2) is 7.13. The monoisotopic (exact) mass is 268 g/mol.